The van der Waals surface area contributed by atoms with Gasteiger partial charge >= 0.3 is 0 Å². The number of rotatable bonds is 5. The van der Waals surface area contributed by atoms with Crippen molar-refractivity contribution in [1.82, 2.24) is 24.9 Å². The third-order valence-electron chi connectivity index (χ3n) is 6.98. The number of benzene rings is 2. The van der Waals surface area contributed by atoms with Crippen LogP contribution in [0.3, 0.4) is 0 Å². The molecule has 1 N–H and O–H groups in total. The van der Waals surface area contributed by atoms with E-state index in [0.29, 0.717) is 5.69 Å². The summed E-state index contributed by atoms with van der Waals surface area (Å²) >= 11 is 0. The Bertz CT molecular complexity index is 1440. The minimum Gasteiger partial charge on any atom is -0.350 e. The number of carbonyl (C=O) groups is 2. The summed E-state index contributed by atoms with van der Waals surface area (Å²) in [6, 6.07) is 12.9. The standard InChI is InChI=1S/C26H25FN6O2/c1-15-23(29-25(34)16-3-4-16)24(21-11-12-31(2)30-21)32(26(15)35)20-9-10-22-17(13-20)14-28-33(22)19-7-5-18(27)6-8-19/h5-16,23-24H,3-4H2,1-2H3,(H,29,34)/t15-,23?,24+/m0/s1. The van der Waals surface area contributed by atoms with Crippen molar-refractivity contribution in [2.45, 2.75) is 31.8 Å². The number of anilines is 1. The van der Waals surface area contributed by atoms with E-state index < -0.39 is 12.0 Å². The second-order valence-electron chi connectivity index (χ2n) is 9.44. The van der Waals surface area contributed by atoms with Crippen LogP contribution in [0.5, 0.6) is 0 Å². The molecular formula is C26H25FN6O2. The molecule has 8 nitrogen and oxygen atoms in total. The molecule has 9 heteroatoms. The van der Waals surface area contributed by atoms with Crippen LogP contribution in [0, 0.1) is 17.7 Å². The maximum Gasteiger partial charge on any atom is 0.232 e. The monoisotopic (exact) mass is 472 g/mol. The van der Waals surface area contributed by atoms with Gasteiger partial charge in [-0.25, -0.2) is 9.07 Å². The lowest BCUT2D eigenvalue weighted by Crippen LogP contribution is -2.42. The van der Waals surface area contributed by atoms with Crippen molar-refractivity contribution in [3.05, 3.63) is 72.4 Å². The van der Waals surface area contributed by atoms with Crippen molar-refractivity contribution in [1.29, 1.82) is 0 Å². The molecule has 2 aromatic heterocycles. The van der Waals surface area contributed by atoms with Gasteiger partial charge in [0, 0.05) is 30.2 Å². The number of nitrogens with zero attached hydrogens (tertiary/aromatic N) is 5. The molecule has 1 saturated carbocycles. The van der Waals surface area contributed by atoms with Crippen LogP contribution in [0.25, 0.3) is 16.6 Å². The lowest BCUT2D eigenvalue weighted by molar-refractivity contribution is -0.123. The normalized spacial score (nSPS) is 22.2. The van der Waals surface area contributed by atoms with Crippen molar-refractivity contribution in [2.24, 2.45) is 18.9 Å². The van der Waals surface area contributed by atoms with Gasteiger partial charge in [0.1, 0.15) is 11.9 Å². The third-order valence-corrected chi connectivity index (χ3v) is 6.98. The number of fused-ring (bicyclic) bond motifs is 1. The summed E-state index contributed by atoms with van der Waals surface area (Å²) in [5.74, 6) is -0.717. The first kappa shape index (κ1) is 21.5. The van der Waals surface area contributed by atoms with Gasteiger partial charge in [0.05, 0.1) is 35.1 Å². The Morgan fingerprint density at radius 2 is 1.83 bits per heavy atom. The van der Waals surface area contributed by atoms with Gasteiger partial charge in [-0.15, -0.1) is 0 Å². The van der Waals surface area contributed by atoms with Crippen LogP contribution in [-0.4, -0.2) is 37.4 Å². The van der Waals surface area contributed by atoms with Gasteiger partial charge in [-0.2, -0.15) is 10.2 Å². The molecule has 6 rings (SSSR count). The molecule has 2 fully saturated rings. The van der Waals surface area contributed by atoms with E-state index in [0.717, 1.165) is 35.1 Å². The lowest BCUT2D eigenvalue weighted by Gasteiger charge is -2.28. The molecule has 4 aromatic rings. The number of halogens is 1. The summed E-state index contributed by atoms with van der Waals surface area (Å²) in [7, 11) is 1.84. The van der Waals surface area contributed by atoms with Gasteiger partial charge in [-0.05, 0) is 61.4 Å². The maximum absolute atomic E-state index is 13.6. The quantitative estimate of drug-likeness (QED) is 0.482. The van der Waals surface area contributed by atoms with Crippen LogP contribution < -0.4 is 10.2 Å². The molecule has 35 heavy (non-hydrogen) atoms. The molecule has 178 valence electrons. The Kier molecular flexibility index (Phi) is 4.94. The van der Waals surface area contributed by atoms with Crippen molar-refractivity contribution < 1.29 is 14.0 Å². The first-order valence-corrected chi connectivity index (χ1v) is 11.8. The number of hydrogen-bond acceptors (Lipinski definition) is 4. The SMILES string of the molecule is C[C@@H]1C(=O)N(c2ccc3c(cnn3-c3ccc(F)cc3)c2)[C@H](c2ccn(C)n2)C1NC(=O)C1CC1. The Balaban J connectivity index is 1.40. The van der Waals surface area contributed by atoms with Crippen molar-refractivity contribution in [2.75, 3.05) is 4.90 Å². The molecule has 2 aliphatic rings. The highest BCUT2D eigenvalue weighted by Crippen LogP contribution is 2.41. The molecule has 3 atom stereocenters. The molecular weight excluding hydrogens is 447 g/mol. The zero-order valence-electron chi connectivity index (χ0n) is 19.4. The first-order valence-electron chi connectivity index (χ1n) is 11.8. The first-order chi connectivity index (χ1) is 16.9. The summed E-state index contributed by atoms with van der Waals surface area (Å²) in [5, 5.41) is 13.1. The van der Waals surface area contributed by atoms with Crippen LogP contribution >= 0.6 is 0 Å². The van der Waals surface area contributed by atoms with E-state index in [2.05, 4.69) is 15.5 Å². The zero-order chi connectivity index (χ0) is 24.3. The molecule has 1 saturated heterocycles. The number of amides is 2. The maximum atomic E-state index is 13.6. The topological polar surface area (TPSA) is 85.1 Å². The minimum atomic E-state index is -0.425. The van der Waals surface area contributed by atoms with Crippen LogP contribution in [0.4, 0.5) is 10.1 Å². The molecule has 1 aliphatic heterocycles. The summed E-state index contributed by atoms with van der Waals surface area (Å²) in [6.07, 6.45) is 5.37. The van der Waals surface area contributed by atoms with Gasteiger partial charge in [0.25, 0.3) is 0 Å². The minimum absolute atomic E-state index is 0.00783. The van der Waals surface area contributed by atoms with Crippen LogP contribution in [0.15, 0.2) is 60.9 Å². The van der Waals surface area contributed by atoms with Gasteiger partial charge < -0.3 is 10.2 Å². The molecule has 2 amide bonds. The van der Waals surface area contributed by atoms with Gasteiger partial charge in [0.15, 0.2) is 0 Å². The second kappa shape index (κ2) is 8.04. The third kappa shape index (κ3) is 3.67. The molecule has 1 aliphatic carbocycles. The largest absolute Gasteiger partial charge is 0.350 e. The Labute approximate surface area is 201 Å². The smallest absolute Gasteiger partial charge is 0.232 e. The highest BCUT2D eigenvalue weighted by atomic mass is 19.1. The van der Waals surface area contributed by atoms with Crippen molar-refractivity contribution in [3.63, 3.8) is 0 Å². The molecule has 0 radical (unpaired) electrons. The summed E-state index contributed by atoms with van der Waals surface area (Å²) < 4.78 is 16.8. The zero-order valence-corrected chi connectivity index (χ0v) is 19.4. The van der Waals surface area contributed by atoms with Crippen LogP contribution in [-0.2, 0) is 16.6 Å². The van der Waals surface area contributed by atoms with E-state index in [-0.39, 0.29) is 29.6 Å². The number of carbonyl (C=O) groups excluding carboxylic acids is 2. The molecule has 0 bridgehead atoms. The van der Waals surface area contributed by atoms with E-state index in [1.54, 1.807) is 32.6 Å². The Morgan fingerprint density at radius 1 is 1.09 bits per heavy atom. The fraction of sp³-hybridized carbons (Fsp3) is 0.308. The predicted molar refractivity (Wildman–Crippen MR) is 128 cm³/mol. The Hall–Kier alpha value is -4.01. The van der Waals surface area contributed by atoms with Crippen LogP contribution in [0.2, 0.25) is 0 Å². The van der Waals surface area contributed by atoms with E-state index in [9.17, 15) is 14.0 Å². The number of nitrogens with one attached hydrogen (secondary N) is 1. The predicted octanol–water partition coefficient (Wildman–Crippen LogP) is 3.52. The molecule has 1 unspecified atom stereocenters. The van der Waals surface area contributed by atoms with Gasteiger partial charge in [-0.3, -0.25) is 14.3 Å². The fourth-order valence-corrected chi connectivity index (χ4v) is 4.93. The van der Waals surface area contributed by atoms with Gasteiger partial charge in [0.2, 0.25) is 11.8 Å². The van der Waals surface area contributed by atoms with Crippen LogP contribution in [0.1, 0.15) is 31.5 Å². The Morgan fingerprint density at radius 3 is 2.51 bits per heavy atom. The fourth-order valence-electron chi connectivity index (χ4n) is 4.93. The van der Waals surface area contributed by atoms with E-state index in [1.807, 2.05) is 44.4 Å². The van der Waals surface area contributed by atoms with E-state index in [1.165, 1.54) is 12.1 Å². The number of hydrogen-bond donors (Lipinski definition) is 1. The summed E-state index contributed by atoms with van der Waals surface area (Å²) in [4.78, 5) is 28.0. The van der Waals surface area contributed by atoms with E-state index in [4.69, 9.17) is 0 Å². The molecule has 3 heterocycles. The average Bonchev–Trinajstić information content (AvgIpc) is 3.42. The number of aryl methyl sites for hydroxylation is 1. The highest BCUT2D eigenvalue weighted by molar-refractivity contribution is 6.01. The summed E-state index contributed by atoms with van der Waals surface area (Å²) in [5.41, 5.74) is 3.03. The molecule has 2 aromatic carbocycles. The van der Waals surface area contributed by atoms with Gasteiger partial charge in [-0.1, -0.05) is 6.92 Å². The highest BCUT2D eigenvalue weighted by Gasteiger charge is 2.49. The average molecular weight is 473 g/mol. The molecule has 0 spiro atoms. The van der Waals surface area contributed by atoms with Crippen molar-refractivity contribution in [3.8, 4) is 5.69 Å². The lowest BCUT2D eigenvalue weighted by atomic mass is 9.97. The summed E-state index contributed by atoms with van der Waals surface area (Å²) in [6.45, 7) is 1.86. The second-order valence-corrected chi connectivity index (χ2v) is 9.44. The number of aromatic nitrogens is 4. The van der Waals surface area contributed by atoms with E-state index >= 15 is 0 Å². The van der Waals surface area contributed by atoms with Crippen molar-refractivity contribution >= 4 is 28.4 Å².